The van der Waals surface area contributed by atoms with Gasteiger partial charge < -0.3 is 9.42 Å². The second kappa shape index (κ2) is 7.35. The van der Waals surface area contributed by atoms with Gasteiger partial charge in [0.25, 0.3) is 11.6 Å². The Morgan fingerprint density at radius 3 is 2.65 bits per heavy atom. The van der Waals surface area contributed by atoms with E-state index < -0.39 is 11.7 Å². The Hall–Kier alpha value is -2.91. The lowest BCUT2D eigenvalue weighted by Gasteiger charge is -2.31. The van der Waals surface area contributed by atoms with Crippen molar-refractivity contribution in [2.45, 2.75) is 58.0 Å². The maximum Gasteiger partial charge on any atom is 0.417 e. The minimum Gasteiger partial charge on any atom is -0.337 e. The van der Waals surface area contributed by atoms with Gasteiger partial charge in [-0.25, -0.2) is 4.98 Å². The van der Waals surface area contributed by atoms with E-state index in [4.69, 9.17) is 4.52 Å². The molecule has 1 atom stereocenters. The van der Waals surface area contributed by atoms with Crippen molar-refractivity contribution in [3.63, 3.8) is 0 Å². The van der Waals surface area contributed by atoms with Crippen LogP contribution in [0.25, 0.3) is 11.1 Å². The van der Waals surface area contributed by atoms with E-state index in [-0.39, 0.29) is 46.3 Å². The Morgan fingerprint density at radius 1 is 1.26 bits per heavy atom. The number of H-pyrrole nitrogens is 1. The standard InChI is InChI=1S/C21H24F3N5O2/c1-11-8-13(21(22,23)24)16-17(28-31-18(16)25-11)12-6-5-7-29(10-12)19(30)14-9-15(27-26-14)20(2,3)4/h8-9,12H,5-7,10H2,1-4H3,(H,26,27)/t12-/m1/s1. The number of hydrogen-bond acceptors (Lipinski definition) is 5. The number of piperidine rings is 1. The Kier molecular flexibility index (Phi) is 5.06. The van der Waals surface area contributed by atoms with Crippen molar-refractivity contribution in [3.8, 4) is 0 Å². The lowest BCUT2D eigenvalue weighted by atomic mass is 9.91. The number of carbonyl (C=O) groups excluding carboxylic acids is 1. The van der Waals surface area contributed by atoms with Crippen LogP contribution < -0.4 is 0 Å². The normalized spacial score (nSPS) is 18.0. The van der Waals surface area contributed by atoms with Gasteiger partial charge in [0.1, 0.15) is 5.69 Å². The van der Waals surface area contributed by atoms with Crippen molar-refractivity contribution in [2.24, 2.45) is 0 Å². The number of rotatable bonds is 2. The van der Waals surface area contributed by atoms with Crippen LogP contribution in [0.4, 0.5) is 13.2 Å². The lowest BCUT2D eigenvalue weighted by molar-refractivity contribution is -0.136. The minimum atomic E-state index is -4.56. The first-order chi connectivity index (χ1) is 14.4. The summed E-state index contributed by atoms with van der Waals surface area (Å²) in [6, 6.07) is 2.73. The molecule has 1 aliphatic rings. The number of amides is 1. The van der Waals surface area contributed by atoms with Gasteiger partial charge in [-0.3, -0.25) is 9.89 Å². The highest BCUT2D eigenvalue weighted by Gasteiger charge is 2.38. The van der Waals surface area contributed by atoms with E-state index in [1.54, 1.807) is 11.0 Å². The molecule has 3 aromatic rings. The predicted octanol–water partition coefficient (Wildman–Crippen LogP) is 4.59. The maximum absolute atomic E-state index is 13.7. The van der Waals surface area contributed by atoms with Gasteiger partial charge in [-0.05, 0) is 31.9 Å². The molecule has 1 fully saturated rings. The number of likely N-dealkylation sites (tertiary alicyclic amines) is 1. The zero-order valence-corrected chi connectivity index (χ0v) is 17.8. The summed E-state index contributed by atoms with van der Waals surface area (Å²) in [5, 5.41) is 10.9. The largest absolute Gasteiger partial charge is 0.417 e. The molecule has 4 rings (SSSR count). The zero-order chi connectivity index (χ0) is 22.6. The van der Waals surface area contributed by atoms with Crippen LogP contribution in [0.3, 0.4) is 0 Å². The third kappa shape index (κ3) is 4.03. The van der Waals surface area contributed by atoms with Gasteiger partial charge in [0.15, 0.2) is 0 Å². The fourth-order valence-corrected chi connectivity index (χ4v) is 3.96. The number of hydrogen-bond donors (Lipinski definition) is 1. The Bertz CT molecular complexity index is 1130. The molecule has 0 saturated carbocycles. The summed E-state index contributed by atoms with van der Waals surface area (Å²) in [7, 11) is 0. The average Bonchev–Trinajstić information content (AvgIpc) is 3.33. The van der Waals surface area contributed by atoms with Gasteiger partial charge in [0, 0.05) is 35.8 Å². The number of fused-ring (bicyclic) bond motifs is 1. The van der Waals surface area contributed by atoms with E-state index in [2.05, 4.69) is 20.3 Å². The number of carbonyl (C=O) groups is 1. The first-order valence-electron chi connectivity index (χ1n) is 10.1. The van der Waals surface area contributed by atoms with Crippen molar-refractivity contribution < 1.29 is 22.5 Å². The molecule has 31 heavy (non-hydrogen) atoms. The van der Waals surface area contributed by atoms with Crippen LogP contribution in [-0.4, -0.2) is 44.2 Å². The van der Waals surface area contributed by atoms with Gasteiger partial charge in [-0.15, -0.1) is 0 Å². The Labute approximate surface area is 177 Å². The summed E-state index contributed by atoms with van der Waals surface area (Å²) in [5.74, 6) is -0.639. The summed E-state index contributed by atoms with van der Waals surface area (Å²) < 4.78 is 46.2. The average molecular weight is 435 g/mol. The van der Waals surface area contributed by atoms with Crippen LogP contribution in [0.1, 0.15) is 72.7 Å². The van der Waals surface area contributed by atoms with E-state index >= 15 is 0 Å². The number of aryl methyl sites for hydroxylation is 1. The van der Waals surface area contributed by atoms with Crippen LogP contribution in [0.5, 0.6) is 0 Å². The molecule has 1 amide bonds. The van der Waals surface area contributed by atoms with Gasteiger partial charge >= 0.3 is 6.18 Å². The van der Waals surface area contributed by atoms with E-state index in [1.807, 2.05) is 20.8 Å². The molecule has 0 bridgehead atoms. The molecule has 4 heterocycles. The Balaban J connectivity index is 1.64. The smallest absolute Gasteiger partial charge is 0.337 e. The molecule has 0 unspecified atom stereocenters. The third-order valence-corrected chi connectivity index (χ3v) is 5.61. The van der Waals surface area contributed by atoms with Gasteiger partial charge in [-0.2, -0.15) is 18.3 Å². The summed E-state index contributed by atoms with van der Waals surface area (Å²) >= 11 is 0. The highest BCUT2D eigenvalue weighted by molar-refractivity contribution is 5.92. The number of aromatic nitrogens is 4. The van der Waals surface area contributed by atoms with Crippen molar-refractivity contribution in [2.75, 3.05) is 13.1 Å². The number of alkyl halides is 3. The number of pyridine rings is 1. The van der Waals surface area contributed by atoms with Gasteiger partial charge in [-0.1, -0.05) is 25.9 Å². The summed E-state index contributed by atoms with van der Waals surface area (Å²) in [6.45, 7) is 8.25. The maximum atomic E-state index is 13.7. The first kappa shape index (κ1) is 21.3. The second-order valence-corrected chi connectivity index (χ2v) is 9.06. The number of nitrogens with zero attached hydrogens (tertiary/aromatic N) is 4. The summed E-state index contributed by atoms with van der Waals surface area (Å²) in [5.41, 5.74) is 0.409. The zero-order valence-electron chi connectivity index (χ0n) is 17.8. The molecule has 1 saturated heterocycles. The molecule has 1 N–H and O–H groups in total. The molecule has 0 aliphatic carbocycles. The molecular formula is C21H24F3N5O2. The van der Waals surface area contributed by atoms with E-state index in [0.717, 1.165) is 11.8 Å². The minimum absolute atomic E-state index is 0.118. The SMILES string of the molecule is Cc1cc(C(F)(F)F)c2c([C@@H]3CCCN(C(=O)c4cc(C(C)(C)C)[nH]n4)C3)noc2n1. The van der Waals surface area contributed by atoms with Crippen LogP contribution in [0.2, 0.25) is 0 Å². The van der Waals surface area contributed by atoms with Crippen LogP contribution in [-0.2, 0) is 11.6 Å². The molecule has 0 aromatic carbocycles. The molecule has 0 radical (unpaired) electrons. The monoisotopic (exact) mass is 435 g/mol. The van der Waals surface area contributed by atoms with E-state index in [1.165, 1.54) is 6.92 Å². The van der Waals surface area contributed by atoms with Crippen molar-refractivity contribution in [1.82, 2.24) is 25.2 Å². The number of halogens is 3. The van der Waals surface area contributed by atoms with Crippen molar-refractivity contribution in [3.05, 3.63) is 40.5 Å². The van der Waals surface area contributed by atoms with Crippen LogP contribution >= 0.6 is 0 Å². The predicted molar refractivity (Wildman–Crippen MR) is 107 cm³/mol. The van der Waals surface area contributed by atoms with Crippen molar-refractivity contribution in [1.29, 1.82) is 0 Å². The molecule has 1 aliphatic heterocycles. The van der Waals surface area contributed by atoms with E-state index in [0.29, 0.717) is 25.1 Å². The highest BCUT2D eigenvalue weighted by atomic mass is 19.4. The Morgan fingerprint density at radius 2 is 2.00 bits per heavy atom. The summed E-state index contributed by atoms with van der Waals surface area (Å²) in [4.78, 5) is 18.7. The molecule has 0 spiro atoms. The van der Waals surface area contributed by atoms with E-state index in [9.17, 15) is 18.0 Å². The fourth-order valence-electron chi connectivity index (χ4n) is 3.96. The first-order valence-corrected chi connectivity index (χ1v) is 10.1. The molecule has 3 aromatic heterocycles. The highest BCUT2D eigenvalue weighted by Crippen LogP contribution is 2.40. The molecule has 7 nitrogen and oxygen atoms in total. The number of nitrogens with one attached hydrogen (secondary N) is 1. The topological polar surface area (TPSA) is 87.9 Å². The number of aromatic amines is 1. The quantitative estimate of drug-likeness (QED) is 0.636. The lowest BCUT2D eigenvalue weighted by Crippen LogP contribution is -2.39. The van der Waals surface area contributed by atoms with Gasteiger partial charge in [0.05, 0.1) is 16.6 Å². The molecule has 166 valence electrons. The third-order valence-electron chi connectivity index (χ3n) is 5.61. The second-order valence-electron chi connectivity index (χ2n) is 9.06. The fraction of sp³-hybridized carbons (Fsp3) is 0.524. The van der Waals surface area contributed by atoms with Crippen LogP contribution in [0, 0.1) is 6.92 Å². The van der Waals surface area contributed by atoms with Crippen molar-refractivity contribution >= 4 is 17.0 Å². The molecule has 10 heteroatoms. The van der Waals surface area contributed by atoms with Gasteiger partial charge in [0.2, 0.25) is 0 Å². The molecular weight excluding hydrogens is 411 g/mol. The summed E-state index contributed by atoms with van der Waals surface area (Å²) in [6.07, 6.45) is -3.32. The van der Waals surface area contributed by atoms with Crippen LogP contribution in [0.15, 0.2) is 16.7 Å².